The molecule has 0 radical (unpaired) electrons. The van der Waals surface area contributed by atoms with E-state index in [-0.39, 0.29) is 0 Å². The lowest BCUT2D eigenvalue weighted by Crippen LogP contribution is -2.40. The quantitative estimate of drug-likeness (QED) is 0.500. The van der Waals surface area contributed by atoms with Crippen LogP contribution in [0.3, 0.4) is 0 Å². The summed E-state index contributed by atoms with van der Waals surface area (Å²) in [6, 6.07) is 0. The van der Waals surface area contributed by atoms with Crippen molar-refractivity contribution in [2.45, 2.75) is 6.29 Å². The van der Waals surface area contributed by atoms with Crippen molar-refractivity contribution in [2.75, 3.05) is 5.08 Å². The highest BCUT2D eigenvalue weighted by Gasteiger charge is 2.50. The van der Waals surface area contributed by atoms with Crippen LogP contribution in [-0.4, -0.2) is 28.2 Å². The Kier molecular flexibility index (Phi) is 1.90. The minimum absolute atomic E-state index is 1.60. The number of hydrogen-bond donors (Lipinski definition) is 0. The Labute approximate surface area is 66.3 Å². The van der Waals surface area contributed by atoms with Crippen molar-refractivity contribution < 1.29 is 34.0 Å². The van der Waals surface area contributed by atoms with Gasteiger partial charge in [-0.25, -0.2) is 0 Å². The average Bonchev–Trinajstić information content (AvgIpc) is 1.44. The van der Waals surface area contributed by atoms with Crippen molar-refractivity contribution >= 4 is 20.2 Å². The third-order valence-electron chi connectivity index (χ3n) is 0.737. The van der Waals surface area contributed by atoms with Crippen LogP contribution in [0.4, 0.5) is 8.78 Å². The van der Waals surface area contributed by atoms with Gasteiger partial charge in [0.1, 0.15) is 0 Å². The third kappa shape index (κ3) is 2.33. The molecule has 0 aromatic rings. The minimum atomic E-state index is -4.76. The maximum Gasteiger partial charge on any atom is 0.514 e. The summed E-state index contributed by atoms with van der Waals surface area (Å²) >= 11 is 0. The molecule has 12 heavy (non-hydrogen) atoms. The number of rotatable bonds is 0. The predicted octanol–water partition coefficient (Wildman–Crippen LogP) is -0.799. The SMILES string of the molecule is O=S1(=O)CS(=O)(=O)OC(F)(F)O1. The predicted molar refractivity (Wildman–Crippen MR) is 29.8 cm³/mol. The van der Waals surface area contributed by atoms with Gasteiger partial charge in [-0.05, 0) is 0 Å². The van der Waals surface area contributed by atoms with Gasteiger partial charge in [-0.3, -0.25) is 0 Å². The smallest absolute Gasteiger partial charge is 0.198 e. The maximum absolute atomic E-state index is 12.0. The summed E-state index contributed by atoms with van der Waals surface area (Å²) in [5.41, 5.74) is 0. The van der Waals surface area contributed by atoms with Crippen LogP contribution in [0.15, 0.2) is 0 Å². The fraction of sp³-hybridized carbons (Fsp3) is 1.00. The molecule has 0 bridgehead atoms. The molecule has 0 aromatic heterocycles. The van der Waals surface area contributed by atoms with Gasteiger partial charge >= 0.3 is 6.29 Å². The molecule has 1 fully saturated rings. The first-order chi connectivity index (χ1) is 5.12. The maximum atomic E-state index is 12.0. The molecule has 0 aromatic carbocycles. The molecule has 0 atom stereocenters. The summed E-state index contributed by atoms with van der Waals surface area (Å²) in [4.78, 5) is 0. The molecule has 0 aliphatic carbocycles. The second kappa shape index (κ2) is 2.34. The molecule has 1 aliphatic rings. The molecule has 10 heteroatoms. The zero-order chi connectivity index (χ0) is 9.62. The van der Waals surface area contributed by atoms with Crippen LogP contribution < -0.4 is 0 Å². The van der Waals surface area contributed by atoms with E-state index in [4.69, 9.17) is 0 Å². The van der Waals surface area contributed by atoms with Gasteiger partial charge in [0.25, 0.3) is 20.2 Å². The zero-order valence-corrected chi connectivity index (χ0v) is 6.86. The highest BCUT2D eigenvalue weighted by molar-refractivity contribution is 8.04. The number of alkyl halides is 2. The van der Waals surface area contributed by atoms with Gasteiger partial charge < -0.3 is 0 Å². The van der Waals surface area contributed by atoms with E-state index in [9.17, 15) is 25.6 Å². The second-order valence-electron chi connectivity index (χ2n) is 1.86. The van der Waals surface area contributed by atoms with Crippen LogP contribution in [0, 0.1) is 0 Å². The van der Waals surface area contributed by atoms with Crippen LogP contribution >= 0.6 is 0 Å². The molecule has 0 unspecified atom stereocenters. The molecule has 0 N–H and O–H groups in total. The fourth-order valence-corrected chi connectivity index (χ4v) is 3.04. The van der Waals surface area contributed by atoms with Crippen LogP contribution in [-0.2, 0) is 28.6 Å². The van der Waals surface area contributed by atoms with Gasteiger partial charge in [0.2, 0.25) is 5.08 Å². The van der Waals surface area contributed by atoms with Gasteiger partial charge in [0, 0.05) is 0 Å². The Balaban J connectivity index is 3.14. The van der Waals surface area contributed by atoms with Crippen molar-refractivity contribution in [3.63, 3.8) is 0 Å². The average molecular weight is 224 g/mol. The van der Waals surface area contributed by atoms with Crippen LogP contribution in [0.2, 0.25) is 0 Å². The van der Waals surface area contributed by atoms with Gasteiger partial charge in [0.05, 0.1) is 0 Å². The van der Waals surface area contributed by atoms with Crippen LogP contribution in [0.5, 0.6) is 0 Å². The van der Waals surface area contributed by atoms with E-state index in [0.717, 1.165) is 0 Å². The Morgan fingerprint density at radius 2 is 1.33 bits per heavy atom. The van der Waals surface area contributed by atoms with E-state index < -0.39 is 31.6 Å². The molecule has 0 spiro atoms. The standard InChI is InChI=1S/C2H2F2O6S2/c3-2(4)9-11(5,6)1-12(7,8)10-2/h1H2. The third-order valence-corrected chi connectivity index (χ3v) is 3.94. The minimum Gasteiger partial charge on any atom is -0.198 e. The van der Waals surface area contributed by atoms with E-state index in [2.05, 4.69) is 8.37 Å². The Morgan fingerprint density at radius 1 is 1.00 bits per heavy atom. The molecular weight excluding hydrogens is 222 g/mol. The lowest BCUT2D eigenvalue weighted by Gasteiger charge is -2.19. The Morgan fingerprint density at radius 3 is 1.58 bits per heavy atom. The van der Waals surface area contributed by atoms with Gasteiger partial charge in [-0.15, -0.1) is 8.78 Å². The largest absolute Gasteiger partial charge is 0.514 e. The van der Waals surface area contributed by atoms with Gasteiger partial charge in [-0.2, -0.15) is 25.2 Å². The summed E-state index contributed by atoms with van der Waals surface area (Å²) in [6.45, 7) is 0. The first-order valence-corrected chi connectivity index (χ1v) is 5.52. The lowest BCUT2D eigenvalue weighted by molar-refractivity contribution is -0.306. The summed E-state index contributed by atoms with van der Waals surface area (Å²) < 4.78 is 71.3. The molecule has 0 saturated carbocycles. The van der Waals surface area contributed by atoms with Crippen LogP contribution in [0.1, 0.15) is 0 Å². The first-order valence-electron chi connectivity index (χ1n) is 2.36. The zero-order valence-electron chi connectivity index (χ0n) is 5.23. The summed E-state index contributed by atoms with van der Waals surface area (Å²) in [5, 5.41) is -1.60. The molecule has 1 heterocycles. The van der Waals surface area contributed by atoms with Crippen molar-refractivity contribution in [1.29, 1.82) is 0 Å². The van der Waals surface area contributed by atoms with E-state index in [1.807, 2.05) is 0 Å². The molecule has 72 valence electrons. The lowest BCUT2D eigenvalue weighted by atomic mass is 11.3. The molecule has 1 aliphatic heterocycles. The Bertz CT molecular complexity index is 342. The monoisotopic (exact) mass is 224 g/mol. The highest BCUT2D eigenvalue weighted by Crippen LogP contribution is 2.28. The fourth-order valence-electron chi connectivity index (χ4n) is 0.534. The van der Waals surface area contributed by atoms with E-state index in [1.165, 1.54) is 0 Å². The molecule has 0 amide bonds. The van der Waals surface area contributed by atoms with Crippen molar-refractivity contribution in [3.8, 4) is 0 Å². The van der Waals surface area contributed by atoms with Gasteiger partial charge in [0.15, 0.2) is 0 Å². The summed E-state index contributed by atoms with van der Waals surface area (Å²) in [5.74, 6) is 0. The topological polar surface area (TPSA) is 86.7 Å². The van der Waals surface area contributed by atoms with E-state index >= 15 is 0 Å². The van der Waals surface area contributed by atoms with Crippen molar-refractivity contribution in [2.24, 2.45) is 0 Å². The van der Waals surface area contributed by atoms with E-state index in [0.29, 0.717) is 0 Å². The highest BCUT2D eigenvalue weighted by atomic mass is 32.3. The van der Waals surface area contributed by atoms with Crippen molar-refractivity contribution in [3.05, 3.63) is 0 Å². The number of halogens is 2. The molecular formula is C2H2F2O6S2. The van der Waals surface area contributed by atoms with Gasteiger partial charge in [-0.1, -0.05) is 0 Å². The normalized spacial score (nSPS) is 31.2. The molecule has 1 saturated heterocycles. The molecule has 6 nitrogen and oxygen atoms in total. The number of hydrogen-bond acceptors (Lipinski definition) is 6. The van der Waals surface area contributed by atoms with Crippen LogP contribution in [0.25, 0.3) is 0 Å². The second-order valence-corrected chi connectivity index (χ2v) is 5.37. The summed E-state index contributed by atoms with van der Waals surface area (Å²) in [7, 11) is -9.52. The first kappa shape index (κ1) is 9.77. The summed E-state index contributed by atoms with van der Waals surface area (Å²) in [6.07, 6.45) is -4.63. The van der Waals surface area contributed by atoms with E-state index in [1.54, 1.807) is 0 Å². The Hall–Kier alpha value is -0.320. The van der Waals surface area contributed by atoms with Crippen molar-refractivity contribution in [1.82, 2.24) is 0 Å². The molecule has 1 rings (SSSR count).